The van der Waals surface area contributed by atoms with E-state index in [1.165, 1.54) is 25.7 Å². The van der Waals surface area contributed by atoms with E-state index < -0.39 is 0 Å². The van der Waals surface area contributed by atoms with Crippen molar-refractivity contribution in [1.82, 2.24) is 0 Å². The Balaban J connectivity index is 2.56. The summed E-state index contributed by atoms with van der Waals surface area (Å²) in [7, 11) is 0. The van der Waals surface area contributed by atoms with E-state index in [0.717, 1.165) is 23.7 Å². The van der Waals surface area contributed by atoms with Crippen LogP contribution in [-0.4, -0.2) is 0 Å². The molecule has 0 aromatic carbocycles. The van der Waals surface area contributed by atoms with Crippen LogP contribution in [0.15, 0.2) is 11.6 Å². The van der Waals surface area contributed by atoms with Gasteiger partial charge < -0.3 is 0 Å². The minimum Gasteiger partial charge on any atom is -0.0819 e. The first-order valence-electron chi connectivity index (χ1n) is 6.87. The number of hydrogen-bond donors (Lipinski definition) is 0. The van der Waals surface area contributed by atoms with Crippen molar-refractivity contribution in [3.8, 4) is 0 Å². The predicted molar refractivity (Wildman–Crippen MR) is 68.9 cm³/mol. The van der Waals surface area contributed by atoms with Crippen LogP contribution >= 0.6 is 0 Å². The van der Waals surface area contributed by atoms with Crippen LogP contribution in [0.1, 0.15) is 60.3 Å². The molecule has 1 rings (SSSR count). The standard InChI is InChI=1S/C15H28/c1-6-9-12(5)15-13(8-3)14(15)10-11(4)7-2/h10-13,15H,6-9H2,1-5H3. The van der Waals surface area contributed by atoms with Crippen LogP contribution in [0, 0.1) is 23.7 Å². The Morgan fingerprint density at radius 3 is 2.33 bits per heavy atom. The minimum atomic E-state index is 0.785. The maximum absolute atomic E-state index is 2.56. The quantitative estimate of drug-likeness (QED) is 0.536. The lowest BCUT2D eigenvalue weighted by Gasteiger charge is -2.07. The Morgan fingerprint density at radius 2 is 1.87 bits per heavy atom. The van der Waals surface area contributed by atoms with Gasteiger partial charge in [0.15, 0.2) is 0 Å². The van der Waals surface area contributed by atoms with Gasteiger partial charge in [-0.3, -0.25) is 0 Å². The molecule has 0 N–H and O–H groups in total. The van der Waals surface area contributed by atoms with Crippen molar-refractivity contribution in [3.05, 3.63) is 11.6 Å². The van der Waals surface area contributed by atoms with Crippen molar-refractivity contribution in [3.63, 3.8) is 0 Å². The highest BCUT2D eigenvalue weighted by atomic mass is 14.5. The third-order valence-corrected chi connectivity index (χ3v) is 4.06. The van der Waals surface area contributed by atoms with Gasteiger partial charge in [-0.2, -0.15) is 0 Å². The van der Waals surface area contributed by atoms with E-state index in [0.29, 0.717) is 0 Å². The summed E-state index contributed by atoms with van der Waals surface area (Å²) in [5.74, 6) is 3.56. The predicted octanol–water partition coefficient (Wildman–Crippen LogP) is 5.05. The van der Waals surface area contributed by atoms with Crippen molar-refractivity contribution in [2.24, 2.45) is 23.7 Å². The first kappa shape index (κ1) is 12.8. The van der Waals surface area contributed by atoms with Gasteiger partial charge in [0.25, 0.3) is 0 Å². The number of allylic oxidation sites excluding steroid dienone is 2. The largest absolute Gasteiger partial charge is 0.0819 e. The lowest BCUT2D eigenvalue weighted by atomic mass is 9.98. The zero-order valence-corrected chi connectivity index (χ0v) is 11.2. The summed E-state index contributed by atoms with van der Waals surface area (Å²) < 4.78 is 0. The zero-order chi connectivity index (χ0) is 11.4. The second-order valence-corrected chi connectivity index (χ2v) is 5.36. The Hall–Kier alpha value is -0.260. The maximum atomic E-state index is 2.56. The molecule has 0 spiro atoms. The van der Waals surface area contributed by atoms with Gasteiger partial charge in [0.1, 0.15) is 0 Å². The van der Waals surface area contributed by atoms with Gasteiger partial charge in [0.2, 0.25) is 0 Å². The summed E-state index contributed by atoms with van der Waals surface area (Å²) in [4.78, 5) is 0. The molecule has 1 saturated carbocycles. The monoisotopic (exact) mass is 208 g/mol. The molecule has 0 heteroatoms. The van der Waals surface area contributed by atoms with Gasteiger partial charge in [-0.1, -0.05) is 65.5 Å². The molecule has 4 atom stereocenters. The van der Waals surface area contributed by atoms with Crippen LogP contribution < -0.4 is 0 Å². The first-order valence-corrected chi connectivity index (χ1v) is 6.87. The van der Waals surface area contributed by atoms with Gasteiger partial charge >= 0.3 is 0 Å². The third-order valence-electron chi connectivity index (χ3n) is 4.06. The van der Waals surface area contributed by atoms with E-state index in [1.54, 1.807) is 5.57 Å². The third kappa shape index (κ3) is 3.09. The Labute approximate surface area is 96.2 Å². The number of hydrogen-bond acceptors (Lipinski definition) is 0. The van der Waals surface area contributed by atoms with Crippen molar-refractivity contribution >= 4 is 0 Å². The summed E-state index contributed by atoms with van der Waals surface area (Å²) in [5, 5.41) is 0. The van der Waals surface area contributed by atoms with E-state index in [1.807, 2.05) is 0 Å². The Bertz CT molecular complexity index is 214. The van der Waals surface area contributed by atoms with Crippen molar-refractivity contribution in [2.75, 3.05) is 0 Å². The first-order chi connectivity index (χ1) is 7.15. The second-order valence-electron chi connectivity index (χ2n) is 5.36. The second kappa shape index (κ2) is 5.72. The molecule has 88 valence electrons. The van der Waals surface area contributed by atoms with Crippen LogP contribution in [0.5, 0.6) is 0 Å². The summed E-state index contributed by atoms with van der Waals surface area (Å²) >= 11 is 0. The lowest BCUT2D eigenvalue weighted by molar-refractivity contribution is 0.438. The zero-order valence-electron chi connectivity index (χ0n) is 11.2. The average molecular weight is 208 g/mol. The molecule has 1 fully saturated rings. The van der Waals surface area contributed by atoms with E-state index in [2.05, 4.69) is 40.7 Å². The topological polar surface area (TPSA) is 0 Å². The van der Waals surface area contributed by atoms with Gasteiger partial charge in [0.05, 0.1) is 0 Å². The van der Waals surface area contributed by atoms with Crippen LogP contribution in [0.25, 0.3) is 0 Å². The van der Waals surface area contributed by atoms with E-state index in [9.17, 15) is 0 Å². The normalized spacial score (nSPS) is 31.7. The highest BCUT2D eigenvalue weighted by Gasteiger charge is 2.44. The molecule has 0 bridgehead atoms. The molecule has 0 saturated heterocycles. The molecule has 1 aliphatic rings. The highest BCUT2D eigenvalue weighted by Crippen LogP contribution is 2.54. The highest BCUT2D eigenvalue weighted by molar-refractivity contribution is 5.30. The number of rotatable bonds is 6. The molecule has 15 heavy (non-hydrogen) atoms. The molecule has 0 aliphatic heterocycles. The fourth-order valence-corrected chi connectivity index (χ4v) is 2.89. The summed E-state index contributed by atoms with van der Waals surface area (Å²) in [6, 6.07) is 0. The molecule has 0 nitrogen and oxygen atoms in total. The van der Waals surface area contributed by atoms with Gasteiger partial charge in [0, 0.05) is 0 Å². The van der Waals surface area contributed by atoms with E-state index >= 15 is 0 Å². The molecule has 0 aromatic heterocycles. The minimum absolute atomic E-state index is 0.785. The van der Waals surface area contributed by atoms with Gasteiger partial charge in [-0.15, -0.1) is 0 Å². The fraction of sp³-hybridized carbons (Fsp3) is 0.867. The molecule has 0 radical (unpaired) electrons. The van der Waals surface area contributed by atoms with E-state index in [4.69, 9.17) is 0 Å². The van der Waals surface area contributed by atoms with Gasteiger partial charge in [-0.25, -0.2) is 0 Å². The van der Waals surface area contributed by atoms with Crippen molar-refractivity contribution < 1.29 is 0 Å². The van der Waals surface area contributed by atoms with Crippen LogP contribution in [0.4, 0.5) is 0 Å². The molecular formula is C15H28. The molecule has 1 aliphatic carbocycles. The van der Waals surface area contributed by atoms with Crippen LogP contribution in [-0.2, 0) is 0 Å². The molecule has 0 heterocycles. The lowest BCUT2D eigenvalue weighted by Crippen LogP contribution is -1.98. The smallest absolute Gasteiger partial charge is 0.0109 e. The molecule has 0 aromatic rings. The van der Waals surface area contributed by atoms with Crippen molar-refractivity contribution in [2.45, 2.75) is 60.3 Å². The average Bonchev–Trinajstić information content (AvgIpc) is 2.91. The Morgan fingerprint density at radius 1 is 1.20 bits per heavy atom. The van der Waals surface area contributed by atoms with E-state index in [-0.39, 0.29) is 0 Å². The summed E-state index contributed by atoms with van der Waals surface area (Å²) in [6.45, 7) is 11.7. The maximum Gasteiger partial charge on any atom is -0.0109 e. The van der Waals surface area contributed by atoms with Gasteiger partial charge in [-0.05, 0) is 30.1 Å². The molecular weight excluding hydrogens is 180 g/mol. The fourth-order valence-electron chi connectivity index (χ4n) is 2.89. The van der Waals surface area contributed by atoms with Crippen molar-refractivity contribution in [1.29, 1.82) is 0 Å². The Kier molecular flexibility index (Phi) is 4.89. The SMILES string of the molecule is CCCC(C)C1C(=CC(C)CC)C1CC. The summed E-state index contributed by atoms with van der Waals surface area (Å²) in [6.07, 6.45) is 7.94. The van der Waals surface area contributed by atoms with Crippen LogP contribution in [0.2, 0.25) is 0 Å². The summed E-state index contributed by atoms with van der Waals surface area (Å²) in [5.41, 5.74) is 1.78. The van der Waals surface area contributed by atoms with Crippen LogP contribution in [0.3, 0.4) is 0 Å². The molecule has 4 unspecified atom stereocenters. The molecule has 0 amide bonds.